The van der Waals surface area contributed by atoms with Gasteiger partial charge in [0.1, 0.15) is 5.75 Å². The van der Waals surface area contributed by atoms with Crippen molar-refractivity contribution in [2.24, 2.45) is 5.10 Å². The predicted octanol–water partition coefficient (Wildman–Crippen LogP) is 6.61. The highest BCUT2D eigenvalue weighted by Gasteiger charge is 2.28. The zero-order valence-electron chi connectivity index (χ0n) is 19.3. The molecule has 0 saturated heterocycles. The first-order chi connectivity index (χ1) is 17.0. The zero-order chi connectivity index (χ0) is 24.8. The summed E-state index contributed by atoms with van der Waals surface area (Å²) >= 11 is 8.11. The van der Waals surface area contributed by atoms with Gasteiger partial charge in [0, 0.05) is 11.4 Å². The van der Waals surface area contributed by atoms with Crippen molar-refractivity contribution < 1.29 is 19.0 Å². The number of para-hydroxylation sites is 1. The lowest BCUT2D eigenvalue weighted by Crippen LogP contribution is -2.21. The van der Waals surface area contributed by atoms with Crippen molar-refractivity contribution in [1.82, 2.24) is 0 Å². The van der Waals surface area contributed by atoms with Gasteiger partial charge in [-0.1, -0.05) is 29.8 Å². The minimum absolute atomic E-state index is 0.163. The SMILES string of the molecule is COc1cc(C=C2C(=O)N(c3ccccc3)N=C2C)cc(I)c1OCCCOc1ccc(Cl)cc1. The largest absolute Gasteiger partial charge is 0.493 e. The molecule has 0 saturated carbocycles. The van der Waals surface area contributed by atoms with E-state index in [2.05, 4.69) is 27.7 Å². The molecule has 1 aliphatic heterocycles. The monoisotopic (exact) mass is 602 g/mol. The molecular formula is C27H24ClIN2O4. The van der Waals surface area contributed by atoms with Gasteiger partial charge in [-0.2, -0.15) is 10.1 Å². The average molecular weight is 603 g/mol. The first-order valence-electron chi connectivity index (χ1n) is 11.0. The molecule has 0 radical (unpaired) electrons. The number of hydrogen-bond donors (Lipinski definition) is 0. The molecule has 3 aromatic rings. The highest BCUT2D eigenvalue weighted by molar-refractivity contribution is 14.1. The van der Waals surface area contributed by atoms with Gasteiger partial charge in [0.2, 0.25) is 0 Å². The molecule has 0 fully saturated rings. The van der Waals surface area contributed by atoms with E-state index in [0.717, 1.165) is 20.6 Å². The fourth-order valence-electron chi connectivity index (χ4n) is 3.51. The minimum atomic E-state index is -0.163. The van der Waals surface area contributed by atoms with Crippen LogP contribution < -0.4 is 19.2 Å². The van der Waals surface area contributed by atoms with E-state index in [1.807, 2.05) is 67.6 Å². The molecule has 0 unspecified atom stereocenters. The maximum Gasteiger partial charge on any atom is 0.280 e. The maximum atomic E-state index is 13.0. The normalized spacial score (nSPS) is 14.3. The van der Waals surface area contributed by atoms with Gasteiger partial charge in [0.05, 0.1) is 40.9 Å². The predicted molar refractivity (Wildman–Crippen MR) is 148 cm³/mol. The number of methoxy groups -OCH3 is 1. The van der Waals surface area contributed by atoms with Gasteiger partial charge in [0.25, 0.3) is 5.91 Å². The molecule has 35 heavy (non-hydrogen) atoms. The fraction of sp³-hybridized carbons (Fsp3) is 0.185. The van der Waals surface area contributed by atoms with E-state index in [9.17, 15) is 4.79 Å². The van der Waals surface area contributed by atoms with Crippen molar-refractivity contribution in [3.05, 3.63) is 86.5 Å². The Kier molecular flexibility index (Phi) is 8.30. The number of hydrogen-bond acceptors (Lipinski definition) is 5. The van der Waals surface area contributed by atoms with Crippen LogP contribution >= 0.6 is 34.2 Å². The highest BCUT2D eigenvalue weighted by atomic mass is 127. The van der Waals surface area contributed by atoms with Crippen LogP contribution in [0, 0.1) is 3.57 Å². The number of hydrazone groups is 1. The molecule has 1 amide bonds. The number of nitrogens with zero attached hydrogens (tertiary/aromatic N) is 2. The third-order valence-electron chi connectivity index (χ3n) is 5.24. The summed E-state index contributed by atoms with van der Waals surface area (Å²) in [5.41, 5.74) is 2.77. The van der Waals surface area contributed by atoms with Gasteiger partial charge in [-0.3, -0.25) is 4.79 Å². The molecule has 0 atom stereocenters. The van der Waals surface area contributed by atoms with Crippen LogP contribution in [-0.4, -0.2) is 31.9 Å². The standard InChI is InChI=1S/C27H24ClIN2O4/c1-18-23(27(32)31(30-18)21-7-4-3-5-8-21)15-19-16-24(29)26(25(17-19)33-2)35-14-6-13-34-22-11-9-20(28)10-12-22/h3-5,7-12,15-17H,6,13-14H2,1-2H3. The molecule has 0 spiro atoms. The zero-order valence-corrected chi connectivity index (χ0v) is 22.2. The van der Waals surface area contributed by atoms with Gasteiger partial charge in [-0.15, -0.1) is 0 Å². The molecular weight excluding hydrogens is 579 g/mol. The van der Waals surface area contributed by atoms with Gasteiger partial charge < -0.3 is 14.2 Å². The van der Waals surface area contributed by atoms with Crippen LogP contribution in [0.4, 0.5) is 5.69 Å². The lowest BCUT2D eigenvalue weighted by molar-refractivity contribution is -0.114. The Balaban J connectivity index is 1.42. The Morgan fingerprint density at radius 2 is 1.74 bits per heavy atom. The number of carbonyl (C=O) groups is 1. The average Bonchev–Trinajstić information content (AvgIpc) is 3.14. The molecule has 4 rings (SSSR count). The number of carbonyl (C=O) groups excluding carboxylic acids is 1. The summed E-state index contributed by atoms with van der Waals surface area (Å²) in [5, 5.41) is 6.54. The maximum absolute atomic E-state index is 13.0. The number of anilines is 1. The Morgan fingerprint density at radius 1 is 1.03 bits per heavy atom. The Morgan fingerprint density at radius 3 is 2.46 bits per heavy atom. The van der Waals surface area contributed by atoms with Crippen LogP contribution in [-0.2, 0) is 4.79 Å². The second kappa shape index (κ2) is 11.6. The summed E-state index contributed by atoms with van der Waals surface area (Å²) in [5.74, 6) is 1.87. The number of benzene rings is 3. The van der Waals surface area contributed by atoms with Crippen molar-refractivity contribution in [1.29, 1.82) is 0 Å². The van der Waals surface area contributed by atoms with Crippen molar-refractivity contribution >= 4 is 57.6 Å². The molecule has 3 aromatic carbocycles. The second-order valence-corrected chi connectivity index (χ2v) is 9.33. The van der Waals surface area contributed by atoms with Gasteiger partial charge in [0.15, 0.2) is 11.5 Å². The van der Waals surface area contributed by atoms with Crippen LogP contribution in [0.15, 0.2) is 77.4 Å². The molecule has 0 N–H and O–H groups in total. The van der Waals surface area contributed by atoms with Crippen LogP contribution in [0.25, 0.3) is 6.08 Å². The summed E-state index contributed by atoms with van der Waals surface area (Å²) in [4.78, 5) is 13.0. The van der Waals surface area contributed by atoms with E-state index in [4.69, 9.17) is 25.8 Å². The first kappa shape index (κ1) is 25.1. The summed E-state index contributed by atoms with van der Waals surface area (Å²) in [6, 6.07) is 20.5. The number of rotatable bonds is 9. The van der Waals surface area contributed by atoms with Crippen LogP contribution in [0.2, 0.25) is 5.02 Å². The molecule has 1 aliphatic rings. The van der Waals surface area contributed by atoms with Gasteiger partial charge in [-0.05, 0) is 89.7 Å². The van der Waals surface area contributed by atoms with Crippen LogP contribution in [0.5, 0.6) is 17.2 Å². The molecule has 180 valence electrons. The van der Waals surface area contributed by atoms with Crippen molar-refractivity contribution in [3.63, 3.8) is 0 Å². The van der Waals surface area contributed by atoms with E-state index in [1.54, 1.807) is 19.2 Å². The van der Waals surface area contributed by atoms with Gasteiger partial charge >= 0.3 is 0 Å². The van der Waals surface area contributed by atoms with Gasteiger partial charge in [-0.25, -0.2) is 0 Å². The smallest absolute Gasteiger partial charge is 0.280 e. The highest BCUT2D eigenvalue weighted by Crippen LogP contribution is 2.35. The van der Waals surface area contributed by atoms with Crippen LogP contribution in [0.3, 0.4) is 0 Å². The third kappa shape index (κ3) is 6.15. The Bertz CT molecular complexity index is 1260. The first-order valence-corrected chi connectivity index (χ1v) is 12.5. The van der Waals surface area contributed by atoms with Crippen molar-refractivity contribution in [2.45, 2.75) is 13.3 Å². The molecule has 0 bridgehead atoms. The quantitative estimate of drug-likeness (QED) is 0.157. The number of ether oxygens (including phenoxy) is 3. The van der Waals surface area contributed by atoms with Crippen molar-refractivity contribution in [3.8, 4) is 17.2 Å². The molecule has 6 nitrogen and oxygen atoms in total. The van der Waals surface area contributed by atoms with E-state index < -0.39 is 0 Å². The molecule has 0 aromatic heterocycles. The molecule has 1 heterocycles. The minimum Gasteiger partial charge on any atom is -0.493 e. The summed E-state index contributed by atoms with van der Waals surface area (Å²) < 4.78 is 18.2. The fourth-order valence-corrected chi connectivity index (χ4v) is 4.42. The summed E-state index contributed by atoms with van der Waals surface area (Å²) in [6.45, 7) is 2.82. The third-order valence-corrected chi connectivity index (χ3v) is 6.30. The van der Waals surface area contributed by atoms with E-state index in [0.29, 0.717) is 47.4 Å². The van der Waals surface area contributed by atoms with Crippen molar-refractivity contribution in [2.75, 3.05) is 25.3 Å². The van der Waals surface area contributed by atoms with Crippen LogP contribution in [0.1, 0.15) is 18.9 Å². The topological polar surface area (TPSA) is 60.4 Å². The summed E-state index contributed by atoms with van der Waals surface area (Å²) in [6.07, 6.45) is 2.53. The lowest BCUT2D eigenvalue weighted by Gasteiger charge is -2.14. The molecule has 8 heteroatoms. The summed E-state index contributed by atoms with van der Waals surface area (Å²) in [7, 11) is 1.60. The Hall–Kier alpha value is -3.04. The lowest BCUT2D eigenvalue weighted by atomic mass is 10.1. The number of halogens is 2. The van der Waals surface area contributed by atoms with E-state index >= 15 is 0 Å². The second-order valence-electron chi connectivity index (χ2n) is 7.73. The molecule has 0 aliphatic carbocycles. The number of amides is 1. The Labute approximate surface area is 223 Å². The van der Waals surface area contributed by atoms with E-state index in [1.165, 1.54) is 5.01 Å². The van der Waals surface area contributed by atoms with E-state index in [-0.39, 0.29) is 5.91 Å².